The van der Waals surface area contributed by atoms with Crippen LogP contribution in [0.3, 0.4) is 0 Å². The Balaban J connectivity index is 2.25. The number of aromatic nitrogens is 3. The molecule has 0 spiro atoms. The van der Waals surface area contributed by atoms with E-state index < -0.39 is 0 Å². The molecule has 0 bridgehead atoms. The standard InChI is InChI=1S/C9H17N5/c1-6(2)11-9-13-12-8(5-10)14(9)7-3-4-7/h6-7H,3-5,10H2,1-2H3,(H,11,13). The highest BCUT2D eigenvalue weighted by molar-refractivity contribution is 5.29. The zero-order chi connectivity index (χ0) is 10.1. The molecule has 1 saturated carbocycles. The second-order valence-electron chi connectivity index (χ2n) is 4.04. The summed E-state index contributed by atoms with van der Waals surface area (Å²) in [6, 6.07) is 0.951. The lowest BCUT2D eigenvalue weighted by molar-refractivity contribution is 0.679. The van der Waals surface area contributed by atoms with Crippen molar-refractivity contribution in [1.82, 2.24) is 14.8 Å². The Labute approximate surface area is 83.7 Å². The molecule has 0 atom stereocenters. The third-order valence-corrected chi connectivity index (χ3v) is 2.28. The van der Waals surface area contributed by atoms with Crippen LogP contribution in [0.15, 0.2) is 0 Å². The number of anilines is 1. The average molecular weight is 195 g/mol. The Morgan fingerprint density at radius 3 is 2.71 bits per heavy atom. The largest absolute Gasteiger partial charge is 0.352 e. The van der Waals surface area contributed by atoms with Gasteiger partial charge in [0.2, 0.25) is 5.95 Å². The Bertz CT molecular complexity index is 313. The van der Waals surface area contributed by atoms with Crippen LogP contribution in [0.25, 0.3) is 0 Å². The number of hydrogen-bond donors (Lipinski definition) is 2. The van der Waals surface area contributed by atoms with Gasteiger partial charge >= 0.3 is 0 Å². The molecule has 5 heteroatoms. The SMILES string of the molecule is CC(C)Nc1nnc(CN)n1C1CC1. The molecule has 0 aliphatic heterocycles. The van der Waals surface area contributed by atoms with Gasteiger partial charge in [-0.15, -0.1) is 10.2 Å². The van der Waals surface area contributed by atoms with Gasteiger partial charge in [-0.1, -0.05) is 0 Å². The van der Waals surface area contributed by atoms with Crippen LogP contribution in [-0.4, -0.2) is 20.8 Å². The zero-order valence-corrected chi connectivity index (χ0v) is 8.70. The van der Waals surface area contributed by atoms with Crippen LogP contribution in [0.1, 0.15) is 38.6 Å². The molecule has 2 rings (SSSR count). The maximum absolute atomic E-state index is 5.61. The van der Waals surface area contributed by atoms with Gasteiger partial charge in [-0.25, -0.2) is 0 Å². The third kappa shape index (κ3) is 1.72. The molecule has 0 unspecified atom stereocenters. The Kier molecular flexibility index (Phi) is 2.41. The number of nitrogens with zero attached hydrogens (tertiary/aromatic N) is 3. The monoisotopic (exact) mass is 195 g/mol. The topological polar surface area (TPSA) is 68.8 Å². The minimum absolute atomic E-state index is 0.377. The van der Waals surface area contributed by atoms with Crippen LogP contribution in [0.5, 0.6) is 0 Å². The molecule has 5 nitrogen and oxygen atoms in total. The lowest BCUT2D eigenvalue weighted by Crippen LogP contribution is -2.16. The smallest absolute Gasteiger partial charge is 0.225 e. The molecule has 1 heterocycles. The summed E-state index contributed by atoms with van der Waals surface area (Å²) >= 11 is 0. The number of hydrogen-bond acceptors (Lipinski definition) is 4. The van der Waals surface area contributed by atoms with Crippen molar-refractivity contribution in [2.24, 2.45) is 5.73 Å². The van der Waals surface area contributed by atoms with Crippen LogP contribution < -0.4 is 11.1 Å². The van der Waals surface area contributed by atoms with Crippen molar-refractivity contribution >= 4 is 5.95 Å². The number of nitrogens with one attached hydrogen (secondary N) is 1. The van der Waals surface area contributed by atoms with Gasteiger partial charge in [0.15, 0.2) is 0 Å². The van der Waals surface area contributed by atoms with Crippen LogP contribution in [0.4, 0.5) is 5.95 Å². The fourth-order valence-corrected chi connectivity index (χ4v) is 1.54. The molecule has 0 aromatic carbocycles. The average Bonchev–Trinajstić information content (AvgIpc) is 2.88. The molecule has 0 saturated heterocycles. The molecule has 1 aliphatic rings. The Hall–Kier alpha value is -1.10. The van der Waals surface area contributed by atoms with Crippen molar-refractivity contribution in [3.63, 3.8) is 0 Å². The van der Waals surface area contributed by atoms with Gasteiger partial charge in [-0.05, 0) is 26.7 Å². The van der Waals surface area contributed by atoms with E-state index in [2.05, 4.69) is 33.9 Å². The molecule has 0 radical (unpaired) electrons. The first-order chi connectivity index (χ1) is 6.72. The summed E-state index contributed by atoms with van der Waals surface area (Å²) in [4.78, 5) is 0. The molecular weight excluding hydrogens is 178 g/mol. The van der Waals surface area contributed by atoms with Gasteiger partial charge in [0.1, 0.15) is 5.82 Å². The summed E-state index contributed by atoms with van der Waals surface area (Å²) in [5.41, 5.74) is 5.61. The second kappa shape index (κ2) is 3.57. The quantitative estimate of drug-likeness (QED) is 0.748. The van der Waals surface area contributed by atoms with E-state index >= 15 is 0 Å². The van der Waals surface area contributed by atoms with Crippen LogP contribution in [0.2, 0.25) is 0 Å². The van der Waals surface area contributed by atoms with Gasteiger partial charge in [-0.2, -0.15) is 0 Å². The molecule has 0 amide bonds. The van der Waals surface area contributed by atoms with Crippen LogP contribution in [-0.2, 0) is 6.54 Å². The lowest BCUT2D eigenvalue weighted by atomic mass is 10.4. The third-order valence-electron chi connectivity index (χ3n) is 2.28. The molecular formula is C9H17N5. The fraction of sp³-hybridized carbons (Fsp3) is 0.778. The van der Waals surface area contributed by atoms with Gasteiger partial charge in [0, 0.05) is 12.1 Å². The van der Waals surface area contributed by atoms with Crippen molar-refractivity contribution in [2.75, 3.05) is 5.32 Å². The fourth-order valence-electron chi connectivity index (χ4n) is 1.54. The molecule has 1 fully saturated rings. The first-order valence-electron chi connectivity index (χ1n) is 5.12. The van der Waals surface area contributed by atoms with E-state index in [0.717, 1.165) is 11.8 Å². The summed E-state index contributed by atoms with van der Waals surface area (Å²) in [6.07, 6.45) is 2.44. The predicted octanol–water partition coefficient (Wildman–Crippen LogP) is 0.892. The van der Waals surface area contributed by atoms with Crippen LogP contribution >= 0.6 is 0 Å². The van der Waals surface area contributed by atoms with Crippen molar-refractivity contribution < 1.29 is 0 Å². The summed E-state index contributed by atoms with van der Waals surface area (Å²) in [7, 11) is 0. The van der Waals surface area contributed by atoms with E-state index in [9.17, 15) is 0 Å². The van der Waals surface area contributed by atoms with E-state index in [-0.39, 0.29) is 0 Å². The van der Waals surface area contributed by atoms with Crippen molar-refractivity contribution in [3.8, 4) is 0 Å². The Morgan fingerprint density at radius 2 is 2.21 bits per heavy atom. The molecule has 78 valence electrons. The van der Waals surface area contributed by atoms with Crippen molar-refractivity contribution in [2.45, 2.75) is 45.3 Å². The maximum atomic E-state index is 5.61. The normalized spacial score (nSPS) is 16.3. The van der Waals surface area contributed by atoms with Crippen molar-refractivity contribution in [3.05, 3.63) is 5.82 Å². The van der Waals surface area contributed by atoms with E-state index in [1.54, 1.807) is 0 Å². The van der Waals surface area contributed by atoms with Gasteiger partial charge in [0.25, 0.3) is 0 Å². The van der Waals surface area contributed by atoms with Gasteiger partial charge < -0.3 is 11.1 Å². The van der Waals surface area contributed by atoms with Crippen LogP contribution in [0, 0.1) is 0 Å². The van der Waals surface area contributed by atoms with E-state index in [0.29, 0.717) is 18.6 Å². The minimum atomic E-state index is 0.377. The second-order valence-corrected chi connectivity index (χ2v) is 4.04. The van der Waals surface area contributed by atoms with Crippen molar-refractivity contribution in [1.29, 1.82) is 0 Å². The van der Waals surface area contributed by atoms with E-state index in [1.807, 2.05) is 0 Å². The highest BCUT2D eigenvalue weighted by Gasteiger charge is 2.29. The summed E-state index contributed by atoms with van der Waals surface area (Å²) in [6.45, 7) is 4.64. The number of nitrogens with two attached hydrogens (primary N) is 1. The highest BCUT2D eigenvalue weighted by Crippen LogP contribution is 2.37. The molecule has 1 aromatic rings. The highest BCUT2D eigenvalue weighted by atomic mass is 15.4. The van der Waals surface area contributed by atoms with E-state index in [4.69, 9.17) is 5.73 Å². The zero-order valence-electron chi connectivity index (χ0n) is 8.70. The van der Waals surface area contributed by atoms with Gasteiger partial charge in [-0.3, -0.25) is 4.57 Å². The molecule has 1 aromatic heterocycles. The molecule has 1 aliphatic carbocycles. The van der Waals surface area contributed by atoms with E-state index in [1.165, 1.54) is 12.8 Å². The minimum Gasteiger partial charge on any atom is -0.352 e. The summed E-state index contributed by atoms with van der Waals surface area (Å²) in [5, 5.41) is 11.5. The maximum Gasteiger partial charge on any atom is 0.225 e. The molecule has 3 N–H and O–H groups in total. The summed E-state index contributed by atoms with van der Waals surface area (Å²) < 4.78 is 2.14. The van der Waals surface area contributed by atoms with Gasteiger partial charge in [0.05, 0.1) is 6.54 Å². The number of rotatable bonds is 4. The first-order valence-corrected chi connectivity index (χ1v) is 5.12. The molecule has 14 heavy (non-hydrogen) atoms. The first kappa shape index (κ1) is 9.45. The summed E-state index contributed by atoms with van der Waals surface area (Å²) in [5.74, 6) is 1.75. The predicted molar refractivity (Wildman–Crippen MR) is 54.9 cm³/mol. The lowest BCUT2D eigenvalue weighted by Gasteiger charge is -2.11. The Morgan fingerprint density at radius 1 is 1.50 bits per heavy atom.